The molecule has 1 aliphatic carbocycles. The normalized spacial score (nSPS) is 24.1. The highest BCUT2D eigenvalue weighted by atomic mass is 16.3. The number of nitrogens with zero attached hydrogens (tertiary/aromatic N) is 1. The van der Waals surface area contributed by atoms with Gasteiger partial charge in [0.1, 0.15) is 0 Å². The highest BCUT2D eigenvalue weighted by molar-refractivity contribution is 5.82. The van der Waals surface area contributed by atoms with Gasteiger partial charge in [0, 0.05) is 32.0 Å². The van der Waals surface area contributed by atoms with Crippen LogP contribution in [0, 0.1) is 11.8 Å². The van der Waals surface area contributed by atoms with Gasteiger partial charge < -0.3 is 20.6 Å². The van der Waals surface area contributed by atoms with Crippen molar-refractivity contribution in [3.05, 3.63) is 0 Å². The monoisotopic (exact) mass is 285 g/mol. The number of amides is 2. The Balaban J connectivity index is 2.12. The maximum atomic E-state index is 11.6. The van der Waals surface area contributed by atoms with Gasteiger partial charge in [-0.05, 0) is 33.4 Å². The zero-order valence-corrected chi connectivity index (χ0v) is 12.9. The molecule has 0 aromatic heterocycles. The first-order valence-corrected chi connectivity index (χ1v) is 7.13. The van der Waals surface area contributed by atoms with Crippen LogP contribution in [0.25, 0.3) is 0 Å². The van der Waals surface area contributed by atoms with Crippen molar-refractivity contribution in [3.63, 3.8) is 0 Å². The van der Waals surface area contributed by atoms with Crippen LogP contribution in [-0.2, 0) is 9.59 Å². The molecule has 0 aromatic carbocycles. The molecule has 0 spiro atoms. The summed E-state index contributed by atoms with van der Waals surface area (Å²) in [6, 6.07) is 0. The molecule has 2 amide bonds. The number of carbonyl (C=O) groups excluding carboxylic acids is 2. The molecular weight excluding hydrogens is 258 g/mol. The Labute approximate surface area is 120 Å². The second-order valence-electron chi connectivity index (χ2n) is 6.37. The predicted octanol–water partition coefficient (Wildman–Crippen LogP) is -0.422. The van der Waals surface area contributed by atoms with Crippen LogP contribution >= 0.6 is 0 Å². The molecule has 1 saturated carbocycles. The number of carbonyl (C=O) groups is 2. The molecule has 3 N–H and O–H groups in total. The van der Waals surface area contributed by atoms with Crippen molar-refractivity contribution in [2.24, 2.45) is 11.8 Å². The van der Waals surface area contributed by atoms with Gasteiger partial charge in [-0.1, -0.05) is 6.92 Å². The van der Waals surface area contributed by atoms with E-state index in [2.05, 4.69) is 10.6 Å². The summed E-state index contributed by atoms with van der Waals surface area (Å²) in [4.78, 5) is 25.0. The molecule has 1 aliphatic rings. The Bertz CT molecular complexity index is 356. The Morgan fingerprint density at radius 3 is 2.45 bits per heavy atom. The Kier molecular flexibility index (Phi) is 5.95. The third-order valence-corrected chi connectivity index (χ3v) is 3.42. The maximum absolute atomic E-state index is 11.6. The van der Waals surface area contributed by atoms with E-state index in [0.717, 1.165) is 6.42 Å². The number of nitrogens with one attached hydrogen (secondary N) is 2. The summed E-state index contributed by atoms with van der Waals surface area (Å²) in [7, 11) is 3.73. The third kappa shape index (κ3) is 6.34. The van der Waals surface area contributed by atoms with E-state index in [9.17, 15) is 14.7 Å². The van der Waals surface area contributed by atoms with Gasteiger partial charge >= 0.3 is 0 Å². The SMILES string of the molecule is CC1CC1C(=O)NCCC(=O)NCC(C)(O)CN(C)C. The van der Waals surface area contributed by atoms with Crippen LogP contribution in [0.2, 0.25) is 0 Å². The minimum Gasteiger partial charge on any atom is -0.387 e. The summed E-state index contributed by atoms with van der Waals surface area (Å²) in [6.45, 7) is 4.76. The number of likely N-dealkylation sites (N-methyl/N-ethyl adjacent to an activating group) is 1. The van der Waals surface area contributed by atoms with Gasteiger partial charge in [0.05, 0.1) is 5.60 Å². The van der Waals surface area contributed by atoms with Crippen molar-refractivity contribution in [2.75, 3.05) is 33.7 Å². The van der Waals surface area contributed by atoms with E-state index in [1.807, 2.05) is 25.9 Å². The van der Waals surface area contributed by atoms with Crippen LogP contribution < -0.4 is 10.6 Å². The zero-order chi connectivity index (χ0) is 15.3. The minimum atomic E-state index is -0.953. The molecule has 6 heteroatoms. The van der Waals surface area contributed by atoms with E-state index in [4.69, 9.17) is 0 Å². The second-order valence-corrected chi connectivity index (χ2v) is 6.37. The molecule has 0 aromatic rings. The van der Waals surface area contributed by atoms with Crippen molar-refractivity contribution in [2.45, 2.75) is 32.3 Å². The fourth-order valence-corrected chi connectivity index (χ4v) is 2.23. The molecule has 1 fully saturated rings. The maximum Gasteiger partial charge on any atom is 0.223 e. The van der Waals surface area contributed by atoms with Gasteiger partial charge in [-0.15, -0.1) is 0 Å². The van der Waals surface area contributed by atoms with Gasteiger partial charge in [-0.25, -0.2) is 0 Å². The summed E-state index contributed by atoms with van der Waals surface area (Å²) in [5.74, 6) is 0.502. The lowest BCUT2D eigenvalue weighted by Crippen LogP contribution is -2.47. The highest BCUT2D eigenvalue weighted by Crippen LogP contribution is 2.37. The van der Waals surface area contributed by atoms with E-state index in [1.54, 1.807) is 6.92 Å². The molecular formula is C14H27N3O3. The van der Waals surface area contributed by atoms with Crippen LogP contribution in [0.4, 0.5) is 0 Å². The quantitative estimate of drug-likeness (QED) is 0.566. The first kappa shape index (κ1) is 16.9. The van der Waals surface area contributed by atoms with Crippen molar-refractivity contribution in [1.29, 1.82) is 0 Å². The number of aliphatic hydroxyl groups is 1. The molecule has 0 radical (unpaired) electrons. The number of hydrogen-bond donors (Lipinski definition) is 3. The second kappa shape index (κ2) is 7.04. The molecule has 3 atom stereocenters. The van der Waals surface area contributed by atoms with Crippen molar-refractivity contribution in [1.82, 2.24) is 15.5 Å². The fourth-order valence-electron chi connectivity index (χ4n) is 2.23. The van der Waals surface area contributed by atoms with Crippen LogP contribution in [0.5, 0.6) is 0 Å². The van der Waals surface area contributed by atoms with E-state index in [1.165, 1.54) is 0 Å². The lowest BCUT2D eigenvalue weighted by atomic mass is 10.1. The van der Waals surface area contributed by atoms with E-state index in [-0.39, 0.29) is 30.7 Å². The van der Waals surface area contributed by atoms with Crippen molar-refractivity contribution < 1.29 is 14.7 Å². The summed E-state index contributed by atoms with van der Waals surface area (Å²) in [5.41, 5.74) is -0.953. The Hall–Kier alpha value is -1.14. The van der Waals surface area contributed by atoms with Gasteiger partial charge in [0.2, 0.25) is 11.8 Å². The van der Waals surface area contributed by atoms with Crippen LogP contribution in [0.3, 0.4) is 0 Å². The van der Waals surface area contributed by atoms with Gasteiger partial charge in [0.25, 0.3) is 0 Å². The van der Waals surface area contributed by atoms with E-state index in [0.29, 0.717) is 19.0 Å². The average molecular weight is 285 g/mol. The van der Waals surface area contributed by atoms with E-state index < -0.39 is 5.60 Å². The Morgan fingerprint density at radius 1 is 1.35 bits per heavy atom. The van der Waals surface area contributed by atoms with Crippen LogP contribution in [0.15, 0.2) is 0 Å². The average Bonchev–Trinajstić information content (AvgIpc) is 3.02. The molecule has 20 heavy (non-hydrogen) atoms. The summed E-state index contributed by atoms with van der Waals surface area (Å²) in [5, 5.41) is 15.5. The molecule has 0 aliphatic heterocycles. The van der Waals surface area contributed by atoms with Crippen LogP contribution in [0.1, 0.15) is 26.7 Å². The molecule has 0 heterocycles. The predicted molar refractivity (Wildman–Crippen MR) is 77.1 cm³/mol. The molecule has 6 nitrogen and oxygen atoms in total. The van der Waals surface area contributed by atoms with Gasteiger partial charge in [0.15, 0.2) is 0 Å². The summed E-state index contributed by atoms with van der Waals surface area (Å²) < 4.78 is 0. The molecule has 116 valence electrons. The first-order chi connectivity index (χ1) is 9.21. The third-order valence-electron chi connectivity index (χ3n) is 3.42. The largest absolute Gasteiger partial charge is 0.387 e. The molecule has 1 rings (SSSR count). The number of hydrogen-bond acceptors (Lipinski definition) is 4. The topological polar surface area (TPSA) is 81.7 Å². The van der Waals surface area contributed by atoms with E-state index >= 15 is 0 Å². The van der Waals surface area contributed by atoms with Gasteiger partial charge in [-0.2, -0.15) is 0 Å². The molecule has 0 bridgehead atoms. The van der Waals surface area contributed by atoms with Crippen molar-refractivity contribution >= 4 is 11.8 Å². The zero-order valence-electron chi connectivity index (χ0n) is 12.9. The van der Waals surface area contributed by atoms with Crippen LogP contribution in [-0.4, -0.2) is 61.2 Å². The summed E-state index contributed by atoms with van der Waals surface area (Å²) in [6.07, 6.45) is 1.19. The standard InChI is InChI=1S/C14H27N3O3/c1-10-7-11(10)13(19)15-6-5-12(18)16-8-14(2,20)9-17(3)4/h10-11,20H,5-9H2,1-4H3,(H,15,19)(H,16,18). The smallest absolute Gasteiger partial charge is 0.223 e. The van der Waals surface area contributed by atoms with Crippen molar-refractivity contribution in [3.8, 4) is 0 Å². The lowest BCUT2D eigenvalue weighted by molar-refractivity contribution is -0.123. The lowest BCUT2D eigenvalue weighted by Gasteiger charge is -2.27. The minimum absolute atomic E-state index is 0.0462. The Morgan fingerprint density at radius 2 is 1.95 bits per heavy atom. The molecule has 0 saturated heterocycles. The fraction of sp³-hybridized carbons (Fsp3) is 0.857. The highest BCUT2D eigenvalue weighted by Gasteiger charge is 2.38. The first-order valence-electron chi connectivity index (χ1n) is 7.13. The van der Waals surface area contributed by atoms with Gasteiger partial charge in [-0.3, -0.25) is 9.59 Å². The number of rotatable bonds is 8. The summed E-state index contributed by atoms with van der Waals surface area (Å²) >= 11 is 0. The molecule has 3 unspecified atom stereocenters.